The molecule has 3 amide bonds. The van der Waals surface area contributed by atoms with Crippen LogP contribution in [0, 0.1) is 0 Å². The monoisotopic (exact) mass is 416 g/mol. The summed E-state index contributed by atoms with van der Waals surface area (Å²) in [5.74, 6) is -0.651. The van der Waals surface area contributed by atoms with Crippen molar-refractivity contribution in [1.29, 1.82) is 0 Å². The number of imide groups is 1. The van der Waals surface area contributed by atoms with E-state index in [4.69, 9.17) is 14.2 Å². The van der Waals surface area contributed by atoms with Crippen LogP contribution in [-0.4, -0.2) is 44.3 Å². The van der Waals surface area contributed by atoms with E-state index in [0.29, 0.717) is 22.6 Å². The second-order valence-corrected chi connectivity index (χ2v) is 6.03. The summed E-state index contributed by atoms with van der Waals surface area (Å²) in [6.45, 7) is 5.10. The average Bonchev–Trinajstić information content (AvgIpc) is 2.51. The molecular formula is C16H21BrN2O6. The Morgan fingerprint density at radius 2 is 1.92 bits per heavy atom. The summed E-state index contributed by atoms with van der Waals surface area (Å²) in [6, 6.07) is 2.18. The molecule has 0 aliphatic carbocycles. The number of ether oxygens (including phenoxy) is 3. The van der Waals surface area contributed by atoms with Gasteiger partial charge in [0.15, 0.2) is 18.1 Å². The molecule has 0 spiro atoms. The Morgan fingerprint density at radius 3 is 2.48 bits per heavy atom. The molecule has 0 aromatic heterocycles. The zero-order valence-corrected chi connectivity index (χ0v) is 16.1. The average molecular weight is 417 g/mol. The summed E-state index contributed by atoms with van der Waals surface area (Å²) < 4.78 is 16.0. The van der Waals surface area contributed by atoms with Crippen LogP contribution in [0.15, 0.2) is 16.6 Å². The minimum absolute atomic E-state index is 0.121. The number of hydrogen-bond acceptors (Lipinski definition) is 6. The molecule has 25 heavy (non-hydrogen) atoms. The maximum absolute atomic E-state index is 12.1. The van der Waals surface area contributed by atoms with E-state index < -0.39 is 24.5 Å². The summed E-state index contributed by atoms with van der Waals surface area (Å²) in [6.07, 6.45) is 0. The van der Waals surface area contributed by atoms with Crippen LogP contribution in [0.25, 0.3) is 0 Å². The Morgan fingerprint density at radius 1 is 1.24 bits per heavy atom. The number of halogens is 1. The van der Waals surface area contributed by atoms with Gasteiger partial charge in [-0.1, -0.05) is 0 Å². The highest BCUT2D eigenvalue weighted by molar-refractivity contribution is 9.10. The lowest BCUT2D eigenvalue weighted by molar-refractivity contribution is -0.123. The first-order valence-electron chi connectivity index (χ1n) is 7.56. The van der Waals surface area contributed by atoms with E-state index >= 15 is 0 Å². The fourth-order valence-electron chi connectivity index (χ4n) is 1.82. The van der Waals surface area contributed by atoms with E-state index in [9.17, 15) is 14.4 Å². The molecule has 8 nitrogen and oxygen atoms in total. The molecule has 0 saturated carbocycles. The van der Waals surface area contributed by atoms with Gasteiger partial charge < -0.3 is 19.5 Å². The van der Waals surface area contributed by atoms with Crippen molar-refractivity contribution in [1.82, 2.24) is 10.6 Å². The first-order chi connectivity index (χ1) is 11.8. The summed E-state index contributed by atoms with van der Waals surface area (Å²) in [4.78, 5) is 35.1. The van der Waals surface area contributed by atoms with Crippen LogP contribution in [0.5, 0.6) is 11.5 Å². The smallest absolute Gasteiger partial charge is 0.338 e. The molecule has 9 heteroatoms. The Balaban J connectivity index is 2.71. The molecule has 0 bridgehead atoms. The van der Waals surface area contributed by atoms with Crippen LogP contribution >= 0.6 is 15.9 Å². The summed E-state index contributed by atoms with van der Waals surface area (Å²) >= 11 is 3.29. The van der Waals surface area contributed by atoms with Crippen LogP contribution in [0.3, 0.4) is 0 Å². The molecule has 0 aliphatic rings. The molecule has 0 aliphatic heterocycles. The number of hydrogen-bond donors (Lipinski definition) is 2. The molecule has 0 radical (unpaired) electrons. The van der Waals surface area contributed by atoms with Gasteiger partial charge in [0.05, 0.1) is 23.8 Å². The first-order valence-corrected chi connectivity index (χ1v) is 8.35. The van der Waals surface area contributed by atoms with Crippen molar-refractivity contribution in [2.24, 2.45) is 0 Å². The fourth-order valence-corrected chi connectivity index (χ4v) is 2.43. The van der Waals surface area contributed by atoms with Crippen molar-refractivity contribution in [2.75, 3.05) is 20.3 Å². The Hall–Kier alpha value is -2.29. The molecule has 138 valence electrons. The Kier molecular flexibility index (Phi) is 8.20. The lowest BCUT2D eigenvalue weighted by Gasteiger charge is -2.13. The van der Waals surface area contributed by atoms with Crippen molar-refractivity contribution in [2.45, 2.75) is 26.8 Å². The zero-order chi connectivity index (χ0) is 19.0. The lowest BCUT2D eigenvalue weighted by Crippen LogP contribution is -2.44. The number of carbonyl (C=O) groups excluding carboxylic acids is 3. The number of urea groups is 1. The van der Waals surface area contributed by atoms with Gasteiger partial charge in [0.2, 0.25) is 0 Å². The highest BCUT2D eigenvalue weighted by atomic mass is 79.9. The number of methoxy groups -OCH3 is 1. The van der Waals surface area contributed by atoms with Crippen LogP contribution in [0.2, 0.25) is 0 Å². The number of amides is 3. The van der Waals surface area contributed by atoms with Gasteiger partial charge in [-0.25, -0.2) is 9.59 Å². The number of esters is 1. The Labute approximate surface area is 154 Å². The molecule has 1 rings (SSSR count). The van der Waals surface area contributed by atoms with E-state index in [-0.39, 0.29) is 11.6 Å². The maximum atomic E-state index is 12.1. The van der Waals surface area contributed by atoms with E-state index in [1.54, 1.807) is 20.8 Å². The SMILES string of the molecule is CCOc1cc(C(=O)OCC(=O)NC(=O)NC(C)C)cc(Br)c1OC. The van der Waals surface area contributed by atoms with Crippen LogP contribution in [0.4, 0.5) is 4.79 Å². The van der Waals surface area contributed by atoms with E-state index in [1.165, 1.54) is 19.2 Å². The van der Waals surface area contributed by atoms with Gasteiger partial charge in [-0.3, -0.25) is 10.1 Å². The zero-order valence-electron chi connectivity index (χ0n) is 14.5. The molecule has 1 aromatic carbocycles. The van der Waals surface area contributed by atoms with Gasteiger partial charge in [0, 0.05) is 6.04 Å². The topological polar surface area (TPSA) is 103 Å². The first kappa shape index (κ1) is 20.8. The third-order valence-corrected chi connectivity index (χ3v) is 3.35. The highest BCUT2D eigenvalue weighted by Gasteiger charge is 2.18. The van der Waals surface area contributed by atoms with E-state index in [2.05, 4.69) is 26.6 Å². The van der Waals surface area contributed by atoms with Crippen LogP contribution in [0.1, 0.15) is 31.1 Å². The molecule has 2 N–H and O–H groups in total. The Bertz CT molecular complexity index is 648. The lowest BCUT2D eigenvalue weighted by atomic mass is 10.2. The van der Waals surface area contributed by atoms with Gasteiger partial charge in [0.1, 0.15) is 0 Å². The standard InChI is InChI=1S/C16H21BrN2O6/c1-5-24-12-7-10(6-11(17)14(12)23-4)15(21)25-8-13(20)19-16(22)18-9(2)3/h6-7,9H,5,8H2,1-4H3,(H2,18,19,20,22). The van der Waals surface area contributed by atoms with E-state index in [0.717, 1.165) is 0 Å². The molecule has 0 unspecified atom stereocenters. The number of carbonyl (C=O) groups is 3. The largest absolute Gasteiger partial charge is 0.492 e. The molecule has 0 saturated heterocycles. The van der Waals surface area contributed by atoms with Gasteiger partial charge in [-0.2, -0.15) is 0 Å². The van der Waals surface area contributed by atoms with Gasteiger partial charge in [-0.15, -0.1) is 0 Å². The minimum Gasteiger partial charge on any atom is -0.492 e. The molecule has 1 aromatic rings. The maximum Gasteiger partial charge on any atom is 0.338 e. The van der Waals surface area contributed by atoms with Crippen molar-refractivity contribution in [3.63, 3.8) is 0 Å². The van der Waals surface area contributed by atoms with Crippen molar-refractivity contribution in [3.05, 3.63) is 22.2 Å². The van der Waals surface area contributed by atoms with Gasteiger partial charge >= 0.3 is 12.0 Å². The number of rotatable bonds is 7. The second-order valence-electron chi connectivity index (χ2n) is 5.17. The summed E-state index contributed by atoms with van der Waals surface area (Å²) in [5.41, 5.74) is 0.176. The third-order valence-electron chi connectivity index (χ3n) is 2.76. The van der Waals surface area contributed by atoms with Gasteiger partial charge in [-0.05, 0) is 48.8 Å². The number of nitrogens with one attached hydrogen (secondary N) is 2. The summed E-state index contributed by atoms with van der Waals surface area (Å²) in [7, 11) is 1.48. The highest BCUT2D eigenvalue weighted by Crippen LogP contribution is 2.36. The molecule has 0 fully saturated rings. The molecule has 0 atom stereocenters. The number of benzene rings is 1. The quantitative estimate of drug-likeness (QED) is 0.660. The second kappa shape index (κ2) is 9.87. The predicted octanol–water partition coefficient (Wildman–Crippen LogP) is 2.25. The van der Waals surface area contributed by atoms with Crippen LogP contribution < -0.4 is 20.1 Å². The molecular weight excluding hydrogens is 396 g/mol. The normalized spacial score (nSPS) is 10.2. The molecule has 0 heterocycles. The minimum atomic E-state index is -0.733. The third kappa shape index (κ3) is 6.61. The fraction of sp³-hybridized carbons (Fsp3) is 0.438. The van der Waals surface area contributed by atoms with Gasteiger partial charge in [0.25, 0.3) is 5.91 Å². The van der Waals surface area contributed by atoms with E-state index in [1.807, 2.05) is 0 Å². The predicted molar refractivity (Wildman–Crippen MR) is 94.0 cm³/mol. The van der Waals surface area contributed by atoms with Crippen molar-refractivity contribution < 1.29 is 28.6 Å². The summed E-state index contributed by atoms with van der Waals surface area (Å²) in [5, 5.41) is 4.55. The van der Waals surface area contributed by atoms with Crippen molar-refractivity contribution >= 4 is 33.8 Å². The van der Waals surface area contributed by atoms with Crippen LogP contribution in [-0.2, 0) is 9.53 Å². The van der Waals surface area contributed by atoms with Crippen molar-refractivity contribution in [3.8, 4) is 11.5 Å².